The average Bonchev–Trinajstić information content (AvgIpc) is 3.15. The van der Waals surface area contributed by atoms with Crippen molar-refractivity contribution in [2.24, 2.45) is 5.41 Å². The number of alkyl carbamates (subject to hydrolysis) is 1. The van der Waals surface area contributed by atoms with Gasteiger partial charge in [0.25, 0.3) is 5.91 Å². The number of hydrogen-bond acceptors (Lipinski definition) is 8. The average molecular weight is 443 g/mol. The van der Waals surface area contributed by atoms with Crippen LogP contribution in [0, 0.1) is 5.41 Å². The van der Waals surface area contributed by atoms with Crippen LogP contribution in [-0.4, -0.2) is 46.9 Å². The van der Waals surface area contributed by atoms with Crippen LogP contribution in [0.5, 0.6) is 0 Å². The largest absolute Gasteiger partial charge is 0.444 e. The highest BCUT2D eigenvalue weighted by atomic mass is 16.6. The number of amides is 2. The van der Waals surface area contributed by atoms with E-state index in [2.05, 4.69) is 31.4 Å². The van der Waals surface area contributed by atoms with Gasteiger partial charge in [0.2, 0.25) is 0 Å². The summed E-state index contributed by atoms with van der Waals surface area (Å²) in [7, 11) is 1.78. The number of rotatable bonds is 6. The molecule has 0 bridgehead atoms. The second-order valence-corrected chi connectivity index (χ2v) is 9.68. The zero-order chi connectivity index (χ0) is 22.9. The van der Waals surface area contributed by atoms with E-state index in [1.165, 1.54) is 6.26 Å². The molecular formula is C22H30N6O4. The topological polar surface area (TPSA) is 130 Å². The molecule has 1 spiro atoms. The Hall–Kier alpha value is -3.30. The van der Waals surface area contributed by atoms with Crippen molar-refractivity contribution >= 4 is 29.5 Å². The number of anilines is 3. The fraction of sp³-hybridized carbons (Fsp3) is 0.545. The fourth-order valence-electron chi connectivity index (χ4n) is 4.53. The highest BCUT2D eigenvalue weighted by Gasteiger charge is 2.53. The van der Waals surface area contributed by atoms with E-state index in [1.54, 1.807) is 25.2 Å². The molecule has 0 radical (unpaired) electrons. The third kappa shape index (κ3) is 4.95. The molecular weight excluding hydrogens is 412 g/mol. The van der Waals surface area contributed by atoms with E-state index in [1.807, 2.05) is 20.8 Å². The Bertz CT molecular complexity index is 971. The van der Waals surface area contributed by atoms with Crippen LogP contribution in [0.4, 0.5) is 22.2 Å². The van der Waals surface area contributed by atoms with Crippen LogP contribution >= 0.6 is 0 Å². The molecule has 2 saturated carbocycles. The number of ether oxygens (including phenoxy) is 1. The Morgan fingerprint density at radius 2 is 1.81 bits per heavy atom. The molecule has 2 aliphatic carbocycles. The predicted molar refractivity (Wildman–Crippen MR) is 120 cm³/mol. The van der Waals surface area contributed by atoms with Crippen LogP contribution in [0.3, 0.4) is 0 Å². The van der Waals surface area contributed by atoms with Crippen molar-refractivity contribution in [3.63, 3.8) is 0 Å². The van der Waals surface area contributed by atoms with Crippen molar-refractivity contribution in [3.8, 4) is 0 Å². The Kier molecular flexibility index (Phi) is 5.70. The van der Waals surface area contributed by atoms with E-state index in [4.69, 9.17) is 9.26 Å². The summed E-state index contributed by atoms with van der Waals surface area (Å²) in [6.45, 7) is 5.57. The second kappa shape index (κ2) is 8.33. The number of aromatic nitrogens is 2. The molecule has 10 nitrogen and oxygen atoms in total. The van der Waals surface area contributed by atoms with E-state index >= 15 is 0 Å². The highest BCUT2D eigenvalue weighted by Crippen LogP contribution is 2.56. The highest BCUT2D eigenvalue weighted by molar-refractivity contribution is 6.07. The van der Waals surface area contributed by atoms with Gasteiger partial charge in [-0.05, 0) is 64.0 Å². The van der Waals surface area contributed by atoms with Crippen LogP contribution in [0.1, 0.15) is 56.8 Å². The van der Waals surface area contributed by atoms with Gasteiger partial charge in [0.05, 0.1) is 5.56 Å². The molecule has 2 aromatic heterocycles. The molecule has 10 heteroatoms. The lowest BCUT2D eigenvalue weighted by molar-refractivity contribution is -0.0179. The maximum absolute atomic E-state index is 12.7. The summed E-state index contributed by atoms with van der Waals surface area (Å²) in [6.07, 6.45) is 4.85. The van der Waals surface area contributed by atoms with Gasteiger partial charge in [-0.15, -0.1) is 0 Å². The molecule has 2 aromatic rings. The van der Waals surface area contributed by atoms with Gasteiger partial charge in [-0.1, -0.05) is 5.16 Å². The van der Waals surface area contributed by atoms with Gasteiger partial charge in [-0.2, -0.15) is 0 Å². The Morgan fingerprint density at radius 3 is 2.44 bits per heavy atom. The minimum atomic E-state index is -0.496. The third-order valence-corrected chi connectivity index (χ3v) is 5.85. The molecule has 0 aromatic carbocycles. The zero-order valence-electron chi connectivity index (χ0n) is 18.8. The normalized spacial score (nSPS) is 24.1. The quantitative estimate of drug-likeness (QED) is 0.534. The molecule has 0 atom stereocenters. The van der Waals surface area contributed by atoms with Gasteiger partial charge in [0, 0.05) is 25.2 Å². The molecule has 172 valence electrons. The molecule has 2 heterocycles. The number of carbonyl (C=O) groups excluding carboxylic acids is 2. The SMILES string of the molecule is CNc1ccc(C(=O)Nc2ccon2)c(NC2CC3(CC(NC(=O)OC(C)(C)C)C3)C2)n1. The van der Waals surface area contributed by atoms with Crippen LogP contribution in [-0.2, 0) is 4.74 Å². The molecule has 4 rings (SSSR count). The molecule has 0 unspecified atom stereocenters. The Morgan fingerprint density at radius 1 is 1.09 bits per heavy atom. The van der Waals surface area contributed by atoms with Gasteiger partial charge in [-0.3, -0.25) is 4.79 Å². The predicted octanol–water partition coefficient (Wildman–Crippen LogP) is 3.61. The number of carbonyl (C=O) groups is 2. The summed E-state index contributed by atoms with van der Waals surface area (Å²) < 4.78 is 10.1. The summed E-state index contributed by atoms with van der Waals surface area (Å²) in [5.74, 6) is 1.24. The molecule has 32 heavy (non-hydrogen) atoms. The van der Waals surface area contributed by atoms with Crippen LogP contribution in [0.25, 0.3) is 0 Å². The summed E-state index contributed by atoms with van der Waals surface area (Å²) >= 11 is 0. The second-order valence-electron chi connectivity index (χ2n) is 9.68. The van der Waals surface area contributed by atoms with E-state index in [9.17, 15) is 9.59 Å². The lowest BCUT2D eigenvalue weighted by atomic mass is 9.52. The van der Waals surface area contributed by atoms with E-state index in [-0.39, 0.29) is 29.5 Å². The number of hydrogen-bond donors (Lipinski definition) is 4. The molecule has 2 amide bonds. The van der Waals surface area contributed by atoms with Crippen LogP contribution in [0.2, 0.25) is 0 Å². The van der Waals surface area contributed by atoms with Crippen molar-refractivity contribution in [1.82, 2.24) is 15.5 Å². The van der Waals surface area contributed by atoms with Gasteiger partial charge in [-0.25, -0.2) is 9.78 Å². The smallest absolute Gasteiger partial charge is 0.407 e. The fourth-order valence-corrected chi connectivity index (χ4v) is 4.53. The monoisotopic (exact) mass is 442 g/mol. The zero-order valence-corrected chi connectivity index (χ0v) is 18.8. The summed E-state index contributed by atoms with van der Waals surface area (Å²) in [4.78, 5) is 29.2. The number of pyridine rings is 1. The maximum Gasteiger partial charge on any atom is 0.407 e. The van der Waals surface area contributed by atoms with E-state index < -0.39 is 5.60 Å². The summed E-state index contributed by atoms with van der Waals surface area (Å²) in [6, 6.07) is 5.43. The van der Waals surface area contributed by atoms with Crippen molar-refractivity contribution in [1.29, 1.82) is 0 Å². The first-order chi connectivity index (χ1) is 15.1. The van der Waals surface area contributed by atoms with Gasteiger partial charge >= 0.3 is 6.09 Å². The third-order valence-electron chi connectivity index (χ3n) is 5.85. The molecule has 4 N–H and O–H groups in total. The van der Waals surface area contributed by atoms with E-state index in [0.29, 0.717) is 23.0 Å². The Balaban J connectivity index is 1.32. The first-order valence-electron chi connectivity index (χ1n) is 10.8. The van der Waals surface area contributed by atoms with Gasteiger partial charge < -0.3 is 30.5 Å². The maximum atomic E-state index is 12.7. The van der Waals surface area contributed by atoms with Crippen molar-refractivity contribution < 1.29 is 18.8 Å². The Labute approximate surface area is 186 Å². The number of nitrogens with one attached hydrogen (secondary N) is 4. The lowest BCUT2D eigenvalue weighted by Gasteiger charge is -2.57. The van der Waals surface area contributed by atoms with Crippen molar-refractivity contribution in [2.75, 3.05) is 23.0 Å². The molecule has 0 saturated heterocycles. The van der Waals surface area contributed by atoms with Crippen molar-refractivity contribution in [2.45, 2.75) is 64.1 Å². The lowest BCUT2D eigenvalue weighted by Crippen LogP contribution is -2.59. The number of nitrogens with zero attached hydrogens (tertiary/aromatic N) is 2. The van der Waals surface area contributed by atoms with Gasteiger partial charge in [0.15, 0.2) is 5.82 Å². The molecule has 2 fully saturated rings. The van der Waals surface area contributed by atoms with Gasteiger partial charge in [0.1, 0.15) is 23.5 Å². The van der Waals surface area contributed by atoms with Crippen LogP contribution in [0.15, 0.2) is 29.0 Å². The standard InChI is InChI=1S/C22H30N6O4/c1-21(2,3)32-20(30)25-14-11-22(12-14)9-13(10-22)24-18-15(5-6-16(23-4)26-18)19(29)27-17-7-8-31-28-17/h5-8,13-14H,9-12H2,1-4H3,(H,25,30)(H2,23,24,26)(H,27,28,29). The molecule has 0 aliphatic heterocycles. The van der Waals surface area contributed by atoms with Crippen LogP contribution < -0.4 is 21.3 Å². The van der Waals surface area contributed by atoms with E-state index in [0.717, 1.165) is 25.7 Å². The molecule has 2 aliphatic rings. The van der Waals surface area contributed by atoms with Crippen molar-refractivity contribution in [3.05, 3.63) is 30.0 Å². The summed E-state index contributed by atoms with van der Waals surface area (Å²) in [5, 5.41) is 15.8. The first-order valence-corrected chi connectivity index (χ1v) is 10.8. The minimum Gasteiger partial charge on any atom is -0.444 e. The first kappa shape index (κ1) is 21.9. The minimum absolute atomic E-state index is 0.153. The summed E-state index contributed by atoms with van der Waals surface area (Å²) in [5.41, 5.74) is 0.177.